The van der Waals surface area contributed by atoms with Gasteiger partial charge >= 0.3 is 5.97 Å². The summed E-state index contributed by atoms with van der Waals surface area (Å²) in [6.45, 7) is 0.802. The molecule has 2 rings (SSSR count). The third-order valence-corrected chi connectivity index (χ3v) is 3.28. The number of ether oxygens (including phenoxy) is 1. The highest BCUT2D eigenvalue weighted by Gasteiger charge is 2.14. The zero-order valence-electron chi connectivity index (χ0n) is 11.6. The molecule has 20 heavy (non-hydrogen) atoms. The summed E-state index contributed by atoms with van der Waals surface area (Å²) < 4.78 is 6.80. The van der Waals surface area contributed by atoms with E-state index < -0.39 is 0 Å². The van der Waals surface area contributed by atoms with E-state index >= 15 is 0 Å². The lowest BCUT2D eigenvalue weighted by molar-refractivity contribution is 0.0602. The van der Waals surface area contributed by atoms with Gasteiger partial charge in [0.25, 0.3) is 7.48 Å². The number of methoxy groups -OCH3 is 1. The van der Waals surface area contributed by atoms with Crippen molar-refractivity contribution in [2.45, 2.75) is 32.1 Å². The number of hydrogen-bond donors (Lipinski definition) is 1. The second-order valence-electron chi connectivity index (χ2n) is 4.63. The van der Waals surface area contributed by atoms with Crippen LogP contribution in [0.15, 0.2) is 24.5 Å². The van der Waals surface area contributed by atoms with Crippen molar-refractivity contribution in [3.05, 3.63) is 30.1 Å². The molecule has 0 amide bonds. The van der Waals surface area contributed by atoms with Gasteiger partial charge in [0, 0.05) is 6.54 Å². The Morgan fingerprint density at radius 1 is 1.40 bits per heavy atom. The van der Waals surface area contributed by atoms with Crippen LogP contribution >= 0.6 is 0 Å². The summed E-state index contributed by atoms with van der Waals surface area (Å²) in [5, 5.41) is 8.62. The Hall–Kier alpha value is -1.82. The highest BCUT2D eigenvalue weighted by atomic mass is 16.5. The highest BCUT2D eigenvalue weighted by molar-refractivity contribution is 6.25. The van der Waals surface area contributed by atoms with Crippen LogP contribution in [0, 0.1) is 0 Å². The average Bonchev–Trinajstić information content (AvgIpc) is 2.89. The first-order chi connectivity index (χ1) is 9.77. The molecule has 0 saturated heterocycles. The third kappa shape index (κ3) is 3.19. The molecule has 0 spiro atoms. The SMILES string of the molecule is COC(=O)c1cccc2ncn(CCCCC[B]O)c12. The number of aryl methyl sites for hydroxylation is 1. The first kappa shape index (κ1) is 14.6. The van der Waals surface area contributed by atoms with Crippen LogP contribution in [-0.4, -0.2) is 35.1 Å². The van der Waals surface area contributed by atoms with E-state index in [2.05, 4.69) is 4.98 Å². The van der Waals surface area contributed by atoms with Gasteiger partial charge in [-0.15, -0.1) is 0 Å². The molecule has 1 radical (unpaired) electrons. The molecule has 2 aromatic rings. The average molecular weight is 273 g/mol. The summed E-state index contributed by atoms with van der Waals surface area (Å²) in [5.41, 5.74) is 2.18. The zero-order chi connectivity index (χ0) is 14.4. The maximum atomic E-state index is 11.8. The molecule has 1 heterocycles. The van der Waals surface area contributed by atoms with Crippen LogP contribution < -0.4 is 0 Å². The van der Waals surface area contributed by atoms with Crippen molar-refractivity contribution < 1.29 is 14.6 Å². The molecular weight excluding hydrogens is 255 g/mol. The quantitative estimate of drug-likeness (QED) is 0.476. The number of fused-ring (bicyclic) bond motifs is 1. The number of benzene rings is 1. The number of hydrogen-bond acceptors (Lipinski definition) is 4. The maximum absolute atomic E-state index is 11.8. The van der Waals surface area contributed by atoms with Gasteiger partial charge in [0.2, 0.25) is 0 Å². The Morgan fingerprint density at radius 2 is 2.25 bits per heavy atom. The standard InChI is InChI=1S/C14H18BN2O3/c1-20-14(18)11-6-5-7-12-13(11)17(10-16-12)9-4-2-3-8-15-19/h5-7,10,19H,2-4,8-9H2,1H3. The number of unbranched alkanes of at least 4 members (excludes halogenated alkanes) is 2. The zero-order valence-corrected chi connectivity index (χ0v) is 11.6. The lowest BCUT2D eigenvalue weighted by Crippen LogP contribution is -2.06. The fourth-order valence-corrected chi connectivity index (χ4v) is 2.27. The molecule has 0 atom stereocenters. The van der Waals surface area contributed by atoms with E-state index in [1.165, 1.54) is 14.6 Å². The van der Waals surface area contributed by atoms with E-state index in [-0.39, 0.29) is 5.97 Å². The molecule has 0 fully saturated rings. The van der Waals surface area contributed by atoms with E-state index in [1.54, 1.807) is 12.4 Å². The summed E-state index contributed by atoms with van der Waals surface area (Å²) >= 11 is 0. The van der Waals surface area contributed by atoms with Crippen LogP contribution in [0.5, 0.6) is 0 Å². The van der Waals surface area contributed by atoms with Gasteiger partial charge in [0.1, 0.15) is 0 Å². The molecule has 6 heteroatoms. The van der Waals surface area contributed by atoms with E-state index in [4.69, 9.17) is 9.76 Å². The fourth-order valence-electron chi connectivity index (χ4n) is 2.27. The second-order valence-corrected chi connectivity index (χ2v) is 4.63. The summed E-state index contributed by atoms with van der Waals surface area (Å²) in [7, 11) is 2.58. The van der Waals surface area contributed by atoms with E-state index in [9.17, 15) is 4.79 Å². The molecular formula is C14H18BN2O3. The van der Waals surface area contributed by atoms with E-state index in [1.807, 2.05) is 16.7 Å². The van der Waals surface area contributed by atoms with Gasteiger partial charge in [0.15, 0.2) is 0 Å². The lowest BCUT2D eigenvalue weighted by Gasteiger charge is -2.07. The van der Waals surface area contributed by atoms with Gasteiger partial charge in [-0.05, 0) is 18.6 Å². The highest BCUT2D eigenvalue weighted by Crippen LogP contribution is 2.19. The Morgan fingerprint density at radius 3 is 3.00 bits per heavy atom. The largest absolute Gasteiger partial charge is 0.465 e. The number of nitrogens with zero attached hydrogens (tertiary/aromatic N) is 2. The molecule has 1 N–H and O–H groups in total. The molecule has 5 nitrogen and oxygen atoms in total. The van der Waals surface area contributed by atoms with E-state index in [0.29, 0.717) is 5.56 Å². The van der Waals surface area contributed by atoms with Crippen LogP contribution in [0.1, 0.15) is 29.6 Å². The Bertz CT molecular complexity index is 583. The normalized spacial score (nSPS) is 10.7. The first-order valence-corrected chi connectivity index (χ1v) is 6.76. The molecule has 0 aliphatic heterocycles. The fraction of sp³-hybridized carbons (Fsp3) is 0.429. The van der Waals surface area contributed by atoms with Gasteiger partial charge in [-0.3, -0.25) is 0 Å². The number of aromatic nitrogens is 2. The molecule has 1 aromatic carbocycles. The van der Waals surface area contributed by atoms with Gasteiger partial charge < -0.3 is 14.3 Å². The topological polar surface area (TPSA) is 64.3 Å². The molecule has 0 bridgehead atoms. The monoisotopic (exact) mass is 273 g/mol. The Balaban J connectivity index is 2.15. The van der Waals surface area contributed by atoms with Crippen molar-refractivity contribution in [2.24, 2.45) is 0 Å². The van der Waals surface area contributed by atoms with Crippen LogP contribution in [0.2, 0.25) is 6.32 Å². The number of carbonyl (C=O) groups excluding carboxylic acids is 1. The van der Waals surface area contributed by atoms with Crippen molar-refractivity contribution in [3.8, 4) is 0 Å². The molecule has 1 aromatic heterocycles. The molecule has 0 unspecified atom stereocenters. The molecule has 0 saturated carbocycles. The lowest BCUT2D eigenvalue weighted by atomic mass is 9.92. The van der Waals surface area contributed by atoms with Crippen LogP contribution in [-0.2, 0) is 11.3 Å². The number of rotatable bonds is 7. The number of para-hydroxylation sites is 1. The number of carbonyl (C=O) groups is 1. The first-order valence-electron chi connectivity index (χ1n) is 6.76. The summed E-state index contributed by atoms with van der Waals surface area (Å²) in [6, 6.07) is 5.45. The van der Waals surface area contributed by atoms with Crippen LogP contribution in [0.4, 0.5) is 0 Å². The summed E-state index contributed by atoms with van der Waals surface area (Å²) in [5.74, 6) is -0.341. The van der Waals surface area contributed by atoms with Crippen molar-refractivity contribution in [3.63, 3.8) is 0 Å². The van der Waals surface area contributed by atoms with Gasteiger partial charge in [0.05, 0.1) is 30.0 Å². The Kier molecular flexibility index (Phi) is 5.18. The molecule has 0 aliphatic carbocycles. The molecule has 105 valence electrons. The predicted molar refractivity (Wildman–Crippen MR) is 77.7 cm³/mol. The Labute approximate surface area is 118 Å². The van der Waals surface area contributed by atoms with Gasteiger partial charge in [-0.25, -0.2) is 9.78 Å². The van der Waals surface area contributed by atoms with Crippen molar-refractivity contribution in [1.29, 1.82) is 0 Å². The number of imidazole rings is 1. The smallest absolute Gasteiger partial charge is 0.340 e. The van der Waals surface area contributed by atoms with Crippen molar-refractivity contribution in [1.82, 2.24) is 9.55 Å². The van der Waals surface area contributed by atoms with Crippen LogP contribution in [0.25, 0.3) is 11.0 Å². The van der Waals surface area contributed by atoms with Crippen molar-refractivity contribution >= 4 is 24.5 Å². The minimum absolute atomic E-state index is 0.341. The number of esters is 1. The minimum atomic E-state index is -0.341. The summed E-state index contributed by atoms with van der Waals surface area (Å²) in [6.07, 6.45) is 5.45. The van der Waals surface area contributed by atoms with Gasteiger partial charge in [-0.2, -0.15) is 0 Å². The predicted octanol–water partition coefficient (Wildman–Crippen LogP) is 2.02. The van der Waals surface area contributed by atoms with Gasteiger partial charge in [-0.1, -0.05) is 25.2 Å². The van der Waals surface area contributed by atoms with Crippen LogP contribution in [0.3, 0.4) is 0 Å². The van der Waals surface area contributed by atoms with Crippen molar-refractivity contribution in [2.75, 3.05) is 7.11 Å². The minimum Gasteiger partial charge on any atom is -0.465 e. The summed E-state index contributed by atoms with van der Waals surface area (Å²) in [4.78, 5) is 16.1. The van der Waals surface area contributed by atoms with E-state index in [0.717, 1.165) is 43.2 Å². The molecule has 0 aliphatic rings. The second kappa shape index (κ2) is 7.10. The third-order valence-electron chi connectivity index (χ3n) is 3.28. The maximum Gasteiger partial charge on any atom is 0.340 e.